The summed E-state index contributed by atoms with van der Waals surface area (Å²) >= 11 is 0. The van der Waals surface area contributed by atoms with Crippen LogP contribution in [-0.2, 0) is 0 Å². The molecule has 0 aliphatic heterocycles. The van der Waals surface area contributed by atoms with Crippen molar-refractivity contribution in [3.63, 3.8) is 0 Å². The maximum absolute atomic E-state index is 8.71. The third kappa shape index (κ3) is 2.82. The van der Waals surface area contributed by atoms with Crippen molar-refractivity contribution in [1.29, 1.82) is 0 Å². The quantitative estimate of drug-likeness (QED) is 0.609. The zero-order valence-corrected chi connectivity index (χ0v) is 6.76. The van der Waals surface area contributed by atoms with Gasteiger partial charge in [-0.3, -0.25) is 4.90 Å². The fourth-order valence-corrected chi connectivity index (χ4v) is 0.638. The van der Waals surface area contributed by atoms with Gasteiger partial charge in [0.15, 0.2) is 0 Å². The molecule has 0 radical (unpaired) electrons. The minimum absolute atomic E-state index is 0.245. The summed E-state index contributed by atoms with van der Waals surface area (Å²) in [5.41, 5.74) is 0. The molecule has 0 unspecified atom stereocenters. The van der Waals surface area contributed by atoms with E-state index in [1.165, 1.54) is 0 Å². The monoisotopic (exact) mass is 131 g/mol. The Morgan fingerprint density at radius 3 is 1.89 bits per heavy atom. The summed E-state index contributed by atoms with van der Waals surface area (Å²) in [5.74, 6) is 0. The molecular weight excluding hydrogens is 114 g/mol. The summed E-state index contributed by atoms with van der Waals surface area (Å²) in [5, 5.41) is 8.71. The molecule has 0 amide bonds. The summed E-state index contributed by atoms with van der Waals surface area (Å²) in [6, 6.07) is 0.803. The van der Waals surface area contributed by atoms with Crippen LogP contribution in [0.15, 0.2) is 0 Å². The minimum atomic E-state index is 0.245. The number of hydrogen-bond acceptors (Lipinski definition) is 2. The lowest BCUT2D eigenvalue weighted by atomic mass is 10.2. The fraction of sp³-hybridized carbons (Fsp3) is 1.00. The molecule has 0 rings (SSSR count). The van der Waals surface area contributed by atoms with Gasteiger partial charge in [-0.15, -0.1) is 0 Å². The van der Waals surface area contributed by atoms with Crippen LogP contribution in [0.4, 0.5) is 0 Å². The second-order valence-electron chi connectivity index (χ2n) is 2.79. The van der Waals surface area contributed by atoms with Crippen molar-refractivity contribution < 1.29 is 5.11 Å². The molecule has 0 fully saturated rings. The maximum Gasteiger partial charge on any atom is 0.0584 e. The second kappa shape index (κ2) is 3.85. The van der Waals surface area contributed by atoms with E-state index < -0.39 is 0 Å². The first-order valence-corrected chi connectivity index (χ1v) is 3.42. The predicted molar refractivity (Wildman–Crippen MR) is 39.4 cm³/mol. The van der Waals surface area contributed by atoms with Crippen LogP contribution in [0.25, 0.3) is 0 Å². The molecule has 0 heterocycles. The highest BCUT2D eigenvalue weighted by Gasteiger charge is 2.09. The second-order valence-corrected chi connectivity index (χ2v) is 2.79. The van der Waals surface area contributed by atoms with Crippen LogP contribution < -0.4 is 0 Å². The molecule has 56 valence electrons. The van der Waals surface area contributed by atoms with Gasteiger partial charge in [0.05, 0.1) is 6.61 Å². The van der Waals surface area contributed by atoms with Gasteiger partial charge in [0, 0.05) is 12.1 Å². The number of aliphatic hydroxyl groups is 1. The normalized spacial score (nSPS) is 15.0. The van der Waals surface area contributed by atoms with E-state index in [0.29, 0.717) is 6.04 Å². The van der Waals surface area contributed by atoms with Crippen molar-refractivity contribution >= 4 is 0 Å². The van der Waals surface area contributed by atoms with Gasteiger partial charge in [0.25, 0.3) is 0 Å². The van der Waals surface area contributed by atoms with Gasteiger partial charge in [0.1, 0.15) is 0 Å². The van der Waals surface area contributed by atoms with Crippen LogP contribution in [0.3, 0.4) is 0 Å². The van der Waals surface area contributed by atoms with Gasteiger partial charge in [-0.25, -0.2) is 0 Å². The van der Waals surface area contributed by atoms with E-state index in [1.807, 2.05) is 14.0 Å². The standard InChI is InChI=1S/C7H17NO/c1-6(2)8(4)7(3)5-9/h6-7,9H,5H2,1-4H3/t7-/m1/s1. The summed E-state index contributed by atoms with van der Waals surface area (Å²) in [7, 11) is 2.02. The highest BCUT2D eigenvalue weighted by atomic mass is 16.3. The summed E-state index contributed by atoms with van der Waals surface area (Å²) in [6.07, 6.45) is 0. The van der Waals surface area contributed by atoms with Crippen molar-refractivity contribution in [2.45, 2.75) is 32.9 Å². The van der Waals surface area contributed by atoms with Gasteiger partial charge >= 0.3 is 0 Å². The third-order valence-electron chi connectivity index (χ3n) is 1.77. The maximum atomic E-state index is 8.71. The van der Waals surface area contributed by atoms with Crippen molar-refractivity contribution in [3.8, 4) is 0 Å². The van der Waals surface area contributed by atoms with Crippen molar-refractivity contribution in [1.82, 2.24) is 4.90 Å². The summed E-state index contributed by atoms with van der Waals surface area (Å²) in [6.45, 7) is 6.49. The molecule has 2 nitrogen and oxygen atoms in total. The van der Waals surface area contributed by atoms with Crippen molar-refractivity contribution in [2.24, 2.45) is 0 Å². The smallest absolute Gasteiger partial charge is 0.0584 e. The Balaban J connectivity index is 3.58. The molecule has 0 saturated heterocycles. The van der Waals surface area contributed by atoms with Crippen LogP contribution in [0.2, 0.25) is 0 Å². The van der Waals surface area contributed by atoms with E-state index in [1.54, 1.807) is 0 Å². The third-order valence-corrected chi connectivity index (χ3v) is 1.77. The Kier molecular flexibility index (Phi) is 3.82. The molecule has 0 aliphatic carbocycles. The Morgan fingerprint density at radius 2 is 1.78 bits per heavy atom. The summed E-state index contributed by atoms with van der Waals surface area (Å²) < 4.78 is 0. The van der Waals surface area contributed by atoms with Crippen LogP contribution >= 0.6 is 0 Å². The topological polar surface area (TPSA) is 23.5 Å². The number of aliphatic hydroxyl groups excluding tert-OH is 1. The van der Waals surface area contributed by atoms with E-state index in [9.17, 15) is 0 Å². The average molecular weight is 131 g/mol. The Labute approximate surface area is 57.5 Å². The molecule has 1 atom stereocenters. The predicted octanol–water partition coefficient (Wildman–Crippen LogP) is 0.707. The first-order chi connectivity index (χ1) is 4.09. The van der Waals surface area contributed by atoms with E-state index in [0.717, 1.165) is 0 Å². The van der Waals surface area contributed by atoms with Crippen LogP contribution in [0, 0.1) is 0 Å². The fourth-order valence-electron chi connectivity index (χ4n) is 0.638. The molecule has 2 heteroatoms. The SMILES string of the molecule is CC(C)N(C)[C@H](C)CO. The molecule has 0 aromatic heterocycles. The Hall–Kier alpha value is -0.0800. The highest BCUT2D eigenvalue weighted by Crippen LogP contribution is 1.99. The van der Waals surface area contributed by atoms with Gasteiger partial charge in [-0.2, -0.15) is 0 Å². The van der Waals surface area contributed by atoms with Gasteiger partial charge < -0.3 is 5.11 Å². The van der Waals surface area contributed by atoms with Crippen molar-refractivity contribution in [3.05, 3.63) is 0 Å². The minimum Gasteiger partial charge on any atom is -0.395 e. The van der Waals surface area contributed by atoms with E-state index in [2.05, 4.69) is 18.7 Å². The number of rotatable bonds is 3. The van der Waals surface area contributed by atoms with Gasteiger partial charge in [-0.05, 0) is 27.8 Å². The molecule has 0 aromatic rings. The highest BCUT2D eigenvalue weighted by molar-refractivity contribution is 4.64. The zero-order valence-electron chi connectivity index (χ0n) is 6.76. The van der Waals surface area contributed by atoms with E-state index in [-0.39, 0.29) is 12.6 Å². The first kappa shape index (κ1) is 8.92. The summed E-state index contributed by atoms with van der Waals surface area (Å²) in [4.78, 5) is 2.14. The average Bonchev–Trinajstić information content (AvgIpc) is 1.84. The molecule has 0 bridgehead atoms. The number of nitrogens with zero attached hydrogens (tertiary/aromatic N) is 1. The van der Waals surface area contributed by atoms with Crippen LogP contribution in [0.1, 0.15) is 20.8 Å². The lowest BCUT2D eigenvalue weighted by Gasteiger charge is -2.26. The van der Waals surface area contributed by atoms with E-state index >= 15 is 0 Å². The molecule has 0 spiro atoms. The number of hydrogen-bond donors (Lipinski definition) is 1. The lowest BCUT2D eigenvalue weighted by molar-refractivity contribution is 0.133. The molecule has 0 saturated carbocycles. The van der Waals surface area contributed by atoms with Crippen LogP contribution in [-0.4, -0.2) is 35.7 Å². The molecular formula is C7H17NO. The van der Waals surface area contributed by atoms with Crippen molar-refractivity contribution in [2.75, 3.05) is 13.7 Å². The molecule has 0 aromatic carbocycles. The zero-order chi connectivity index (χ0) is 7.44. The molecule has 0 aliphatic rings. The Bertz CT molecular complexity index is 73.3. The first-order valence-electron chi connectivity index (χ1n) is 3.42. The van der Waals surface area contributed by atoms with Crippen LogP contribution in [0.5, 0.6) is 0 Å². The number of likely N-dealkylation sites (N-methyl/N-ethyl adjacent to an activating group) is 1. The largest absolute Gasteiger partial charge is 0.395 e. The lowest BCUT2D eigenvalue weighted by Crippen LogP contribution is -2.37. The Morgan fingerprint density at radius 1 is 1.33 bits per heavy atom. The van der Waals surface area contributed by atoms with E-state index in [4.69, 9.17) is 5.11 Å². The van der Waals surface area contributed by atoms with Gasteiger partial charge in [-0.1, -0.05) is 0 Å². The molecule has 9 heavy (non-hydrogen) atoms. The van der Waals surface area contributed by atoms with Gasteiger partial charge in [0.2, 0.25) is 0 Å². The molecule has 1 N–H and O–H groups in total.